The third-order valence-electron chi connectivity index (χ3n) is 3.29. The Morgan fingerprint density at radius 3 is 2.79 bits per heavy atom. The minimum atomic E-state index is 0.0274. The molecule has 0 atom stereocenters. The molecule has 1 aromatic carbocycles. The molecule has 0 amide bonds. The van der Waals surface area contributed by atoms with E-state index < -0.39 is 0 Å². The van der Waals surface area contributed by atoms with E-state index in [9.17, 15) is 0 Å². The highest BCUT2D eigenvalue weighted by Gasteiger charge is 2.20. The SMILES string of the molecule is CN1CCC(Oc2cc(Cl)ccc2C(N)=NO)CC1. The summed E-state index contributed by atoms with van der Waals surface area (Å²) in [7, 11) is 2.09. The van der Waals surface area contributed by atoms with E-state index >= 15 is 0 Å². The van der Waals surface area contributed by atoms with Gasteiger partial charge in [-0.2, -0.15) is 0 Å². The molecule has 0 bridgehead atoms. The lowest BCUT2D eigenvalue weighted by molar-refractivity contribution is 0.114. The highest BCUT2D eigenvalue weighted by Crippen LogP contribution is 2.26. The van der Waals surface area contributed by atoms with Gasteiger partial charge < -0.3 is 20.6 Å². The average molecular weight is 284 g/mol. The zero-order chi connectivity index (χ0) is 13.8. The van der Waals surface area contributed by atoms with Crippen molar-refractivity contribution in [3.63, 3.8) is 0 Å². The van der Waals surface area contributed by atoms with Gasteiger partial charge in [-0.1, -0.05) is 16.8 Å². The first-order valence-electron chi connectivity index (χ1n) is 6.23. The van der Waals surface area contributed by atoms with Crippen LogP contribution in [0.4, 0.5) is 0 Å². The first-order valence-corrected chi connectivity index (χ1v) is 6.60. The van der Waals surface area contributed by atoms with Crippen molar-refractivity contribution in [1.82, 2.24) is 4.90 Å². The Bertz CT molecular complexity index is 471. The molecule has 1 saturated heterocycles. The van der Waals surface area contributed by atoms with Gasteiger partial charge in [-0.3, -0.25) is 0 Å². The second-order valence-corrected chi connectivity index (χ2v) is 5.18. The molecule has 3 N–H and O–H groups in total. The minimum Gasteiger partial charge on any atom is -0.490 e. The summed E-state index contributed by atoms with van der Waals surface area (Å²) in [6.45, 7) is 2.01. The number of nitrogens with two attached hydrogens (primary N) is 1. The lowest BCUT2D eigenvalue weighted by Crippen LogP contribution is -2.36. The molecule has 1 fully saturated rings. The highest BCUT2D eigenvalue weighted by atomic mass is 35.5. The average Bonchev–Trinajstić information content (AvgIpc) is 2.41. The molecule has 19 heavy (non-hydrogen) atoms. The van der Waals surface area contributed by atoms with E-state index in [1.165, 1.54) is 0 Å². The fourth-order valence-electron chi connectivity index (χ4n) is 2.14. The number of amidine groups is 1. The predicted octanol–water partition coefficient (Wildman–Crippen LogP) is 1.91. The van der Waals surface area contributed by atoms with Crippen LogP contribution in [0.1, 0.15) is 18.4 Å². The third kappa shape index (κ3) is 3.52. The maximum atomic E-state index is 8.79. The number of benzene rings is 1. The van der Waals surface area contributed by atoms with Gasteiger partial charge in [0.15, 0.2) is 5.84 Å². The fourth-order valence-corrected chi connectivity index (χ4v) is 2.30. The molecule has 1 aliphatic heterocycles. The van der Waals surface area contributed by atoms with Gasteiger partial charge in [-0.15, -0.1) is 0 Å². The summed E-state index contributed by atoms with van der Waals surface area (Å²) in [5.41, 5.74) is 6.20. The lowest BCUT2D eigenvalue weighted by atomic mass is 10.1. The molecule has 0 saturated carbocycles. The van der Waals surface area contributed by atoms with E-state index in [2.05, 4.69) is 17.1 Å². The molecule has 1 aliphatic rings. The first-order chi connectivity index (χ1) is 9.10. The van der Waals surface area contributed by atoms with Crippen molar-refractivity contribution in [2.45, 2.75) is 18.9 Å². The van der Waals surface area contributed by atoms with Crippen LogP contribution < -0.4 is 10.5 Å². The summed E-state index contributed by atoms with van der Waals surface area (Å²) in [6, 6.07) is 5.09. The Labute approximate surface area is 117 Å². The van der Waals surface area contributed by atoms with Crippen molar-refractivity contribution in [2.75, 3.05) is 20.1 Å². The van der Waals surface area contributed by atoms with E-state index in [0.717, 1.165) is 25.9 Å². The fraction of sp³-hybridized carbons (Fsp3) is 0.462. The molecule has 1 heterocycles. The Kier molecular flexibility index (Phi) is 4.50. The molecule has 0 radical (unpaired) electrons. The molecule has 0 aliphatic carbocycles. The summed E-state index contributed by atoms with van der Waals surface area (Å²) in [4.78, 5) is 2.27. The maximum Gasteiger partial charge on any atom is 0.173 e. The Hall–Kier alpha value is -1.46. The molecule has 0 unspecified atom stereocenters. The highest BCUT2D eigenvalue weighted by molar-refractivity contribution is 6.30. The Morgan fingerprint density at radius 2 is 2.16 bits per heavy atom. The third-order valence-corrected chi connectivity index (χ3v) is 3.52. The summed E-state index contributed by atoms with van der Waals surface area (Å²) < 4.78 is 5.96. The van der Waals surface area contributed by atoms with Crippen LogP contribution in [0.25, 0.3) is 0 Å². The molecule has 5 nitrogen and oxygen atoms in total. The van der Waals surface area contributed by atoms with Crippen molar-refractivity contribution >= 4 is 17.4 Å². The Balaban J connectivity index is 2.16. The Morgan fingerprint density at radius 1 is 1.47 bits per heavy atom. The van der Waals surface area contributed by atoms with Gasteiger partial charge in [0.25, 0.3) is 0 Å². The normalized spacial score (nSPS) is 18.5. The van der Waals surface area contributed by atoms with Gasteiger partial charge in [0.2, 0.25) is 0 Å². The van der Waals surface area contributed by atoms with Crippen LogP contribution >= 0.6 is 11.6 Å². The largest absolute Gasteiger partial charge is 0.490 e. The number of hydrogen-bond donors (Lipinski definition) is 2. The topological polar surface area (TPSA) is 71.1 Å². The number of nitrogens with zero attached hydrogens (tertiary/aromatic N) is 2. The predicted molar refractivity (Wildman–Crippen MR) is 75.1 cm³/mol. The molecule has 0 aromatic heterocycles. The van der Waals surface area contributed by atoms with Gasteiger partial charge in [-0.05, 0) is 38.1 Å². The number of oxime groups is 1. The molecule has 6 heteroatoms. The van der Waals surface area contributed by atoms with E-state index in [1.54, 1.807) is 18.2 Å². The van der Waals surface area contributed by atoms with Crippen molar-refractivity contribution in [3.8, 4) is 5.75 Å². The number of hydrogen-bond acceptors (Lipinski definition) is 4. The van der Waals surface area contributed by atoms with Crippen LogP contribution in [0, 0.1) is 0 Å². The van der Waals surface area contributed by atoms with E-state index in [0.29, 0.717) is 16.3 Å². The number of likely N-dealkylation sites (tertiary alicyclic amines) is 1. The summed E-state index contributed by atoms with van der Waals surface area (Å²) in [5, 5.41) is 12.4. The molecule has 0 spiro atoms. The van der Waals surface area contributed by atoms with Crippen LogP contribution in [0.15, 0.2) is 23.4 Å². The van der Waals surface area contributed by atoms with Crippen molar-refractivity contribution < 1.29 is 9.94 Å². The monoisotopic (exact) mass is 283 g/mol. The number of ether oxygens (including phenoxy) is 1. The van der Waals surface area contributed by atoms with Crippen LogP contribution in [0.2, 0.25) is 5.02 Å². The van der Waals surface area contributed by atoms with Gasteiger partial charge in [0.05, 0.1) is 5.56 Å². The number of piperidine rings is 1. The van der Waals surface area contributed by atoms with Crippen LogP contribution in [-0.4, -0.2) is 42.2 Å². The van der Waals surface area contributed by atoms with E-state index in [1.807, 2.05) is 0 Å². The quantitative estimate of drug-likeness (QED) is 0.385. The minimum absolute atomic E-state index is 0.0274. The zero-order valence-electron chi connectivity index (χ0n) is 10.8. The first kappa shape index (κ1) is 14.0. The number of halogens is 1. The van der Waals surface area contributed by atoms with Crippen molar-refractivity contribution in [2.24, 2.45) is 10.9 Å². The van der Waals surface area contributed by atoms with Gasteiger partial charge in [0.1, 0.15) is 11.9 Å². The molecule has 104 valence electrons. The van der Waals surface area contributed by atoms with Gasteiger partial charge in [0, 0.05) is 18.1 Å². The number of rotatable bonds is 3. The molecular formula is C13H18ClN3O2. The summed E-state index contributed by atoms with van der Waals surface area (Å²) >= 11 is 5.97. The van der Waals surface area contributed by atoms with Crippen LogP contribution in [0.3, 0.4) is 0 Å². The van der Waals surface area contributed by atoms with Gasteiger partial charge in [-0.25, -0.2) is 0 Å². The van der Waals surface area contributed by atoms with Crippen LogP contribution in [-0.2, 0) is 0 Å². The molecule has 1 aromatic rings. The summed E-state index contributed by atoms with van der Waals surface area (Å²) in [5.74, 6) is 0.594. The van der Waals surface area contributed by atoms with E-state index in [-0.39, 0.29) is 11.9 Å². The lowest BCUT2D eigenvalue weighted by Gasteiger charge is -2.29. The maximum absolute atomic E-state index is 8.79. The molecular weight excluding hydrogens is 266 g/mol. The second-order valence-electron chi connectivity index (χ2n) is 4.75. The smallest absolute Gasteiger partial charge is 0.173 e. The second kappa shape index (κ2) is 6.12. The standard InChI is InChI=1S/C13H18ClN3O2/c1-17-6-4-10(5-7-17)19-12-8-9(14)2-3-11(12)13(15)16-18/h2-3,8,10,18H,4-7H2,1H3,(H2,15,16). The van der Waals surface area contributed by atoms with Crippen molar-refractivity contribution in [3.05, 3.63) is 28.8 Å². The zero-order valence-corrected chi connectivity index (χ0v) is 11.6. The van der Waals surface area contributed by atoms with Gasteiger partial charge >= 0.3 is 0 Å². The van der Waals surface area contributed by atoms with E-state index in [4.69, 9.17) is 27.3 Å². The summed E-state index contributed by atoms with van der Waals surface area (Å²) in [6.07, 6.45) is 2.05. The van der Waals surface area contributed by atoms with Crippen molar-refractivity contribution in [1.29, 1.82) is 0 Å². The van der Waals surface area contributed by atoms with Crippen LogP contribution in [0.5, 0.6) is 5.75 Å². The molecule has 2 rings (SSSR count).